The number of urea groups is 1. The third kappa shape index (κ3) is 3.42. The largest absolute Gasteiger partial charge is 0.481 e. The van der Waals surface area contributed by atoms with E-state index in [0.29, 0.717) is 19.1 Å². The van der Waals surface area contributed by atoms with Crippen LogP contribution in [0.3, 0.4) is 0 Å². The van der Waals surface area contributed by atoms with Gasteiger partial charge >= 0.3 is 12.0 Å². The van der Waals surface area contributed by atoms with Crippen LogP contribution >= 0.6 is 0 Å². The maximum absolute atomic E-state index is 12.7. The lowest BCUT2D eigenvalue weighted by atomic mass is 10.1. The summed E-state index contributed by atoms with van der Waals surface area (Å²) in [5, 5.41) is 12.3. The molecule has 2 aliphatic rings. The Morgan fingerprint density at radius 2 is 2.00 bits per heavy atom. The Hall–Kier alpha value is -1.30. The summed E-state index contributed by atoms with van der Waals surface area (Å²) < 4.78 is 0. The maximum atomic E-state index is 12.7. The Balaban J connectivity index is 2.01. The van der Waals surface area contributed by atoms with Crippen LogP contribution in [0.5, 0.6) is 0 Å². The molecule has 0 spiro atoms. The zero-order chi connectivity index (χ0) is 14.5. The number of hydrogen-bond donors (Lipinski definition) is 2. The lowest BCUT2D eigenvalue weighted by molar-refractivity contribution is -0.138. The number of piperidine rings is 1. The Labute approximate surface area is 120 Å². The molecule has 0 aromatic heterocycles. The van der Waals surface area contributed by atoms with E-state index in [-0.39, 0.29) is 18.5 Å². The number of carboxylic acids is 1. The fourth-order valence-electron chi connectivity index (χ4n) is 3.33. The number of nitrogens with zero attached hydrogens (tertiary/aromatic N) is 2. The van der Waals surface area contributed by atoms with Crippen molar-refractivity contribution in [2.45, 2.75) is 51.1 Å². The van der Waals surface area contributed by atoms with Gasteiger partial charge in [0.2, 0.25) is 0 Å². The van der Waals surface area contributed by atoms with Gasteiger partial charge in [0, 0.05) is 25.2 Å². The first-order valence-corrected chi connectivity index (χ1v) is 7.63. The lowest BCUT2D eigenvalue weighted by Crippen LogP contribution is -2.52. The number of hydrogen-bond acceptors (Lipinski definition) is 3. The van der Waals surface area contributed by atoms with E-state index in [1.54, 1.807) is 4.90 Å². The molecular formula is C14H25N3O3. The molecule has 6 nitrogen and oxygen atoms in total. The normalized spacial score (nSPS) is 23.9. The van der Waals surface area contributed by atoms with Crippen LogP contribution in [0, 0.1) is 0 Å². The monoisotopic (exact) mass is 283 g/mol. The molecule has 2 aliphatic heterocycles. The molecule has 0 bridgehead atoms. The Morgan fingerprint density at radius 3 is 2.60 bits per heavy atom. The minimum Gasteiger partial charge on any atom is -0.481 e. The average molecular weight is 283 g/mol. The fraction of sp³-hybridized carbons (Fsp3) is 0.857. The molecule has 2 rings (SSSR count). The number of carboxylic acid groups (broad SMARTS) is 1. The van der Waals surface area contributed by atoms with Crippen LogP contribution in [0.1, 0.15) is 39.0 Å². The summed E-state index contributed by atoms with van der Waals surface area (Å²) in [6.45, 7) is 5.29. The Morgan fingerprint density at radius 1 is 1.30 bits per heavy atom. The number of carbonyl (C=O) groups is 2. The summed E-state index contributed by atoms with van der Waals surface area (Å²) in [7, 11) is 0. The molecule has 2 amide bonds. The van der Waals surface area contributed by atoms with E-state index >= 15 is 0 Å². The summed E-state index contributed by atoms with van der Waals surface area (Å²) in [6.07, 6.45) is 3.75. The van der Waals surface area contributed by atoms with Crippen molar-refractivity contribution in [1.29, 1.82) is 0 Å². The molecular weight excluding hydrogens is 258 g/mol. The lowest BCUT2D eigenvalue weighted by Gasteiger charge is -2.38. The van der Waals surface area contributed by atoms with Crippen LogP contribution in [0.25, 0.3) is 0 Å². The standard InChI is InChI=1S/C14H25N3O3/c1-2-16(11-5-7-15-8-6-11)14(20)17-9-3-4-12(17)10-13(18)19/h11-12,15H,2-10H2,1H3,(H,18,19). The second kappa shape index (κ2) is 6.92. The van der Waals surface area contributed by atoms with E-state index in [1.165, 1.54) is 0 Å². The van der Waals surface area contributed by atoms with E-state index < -0.39 is 5.97 Å². The van der Waals surface area contributed by atoms with Crippen molar-refractivity contribution in [1.82, 2.24) is 15.1 Å². The highest BCUT2D eigenvalue weighted by Gasteiger charge is 2.35. The molecule has 0 aromatic carbocycles. The van der Waals surface area contributed by atoms with Crippen LogP contribution in [-0.2, 0) is 4.79 Å². The zero-order valence-corrected chi connectivity index (χ0v) is 12.2. The van der Waals surface area contributed by atoms with Crippen molar-refractivity contribution in [2.24, 2.45) is 0 Å². The van der Waals surface area contributed by atoms with Crippen molar-refractivity contribution >= 4 is 12.0 Å². The van der Waals surface area contributed by atoms with Crippen molar-refractivity contribution in [2.75, 3.05) is 26.2 Å². The van der Waals surface area contributed by atoms with E-state index in [1.807, 2.05) is 11.8 Å². The molecule has 2 saturated heterocycles. The highest BCUT2D eigenvalue weighted by molar-refractivity contribution is 5.77. The van der Waals surface area contributed by atoms with Crippen molar-refractivity contribution in [3.05, 3.63) is 0 Å². The first kappa shape index (κ1) is 15.1. The van der Waals surface area contributed by atoms with E-state index in [4.69, 9.17) is 5.11 Å². The molecule has 0 aliphatic carbocycles. The molecule has 0 aromatic rings. The van der Waals surface area contributed by atoms with Gasteiger partial charge in [-0.1, -0.05) is 0 Å². The van der Waals surface area contributed by atoms with Gasteiger partial charge in [0.05, 0.1) is 6.42 Å². The maximum Gasteiger partial charge on any atom is 0.320 e. The minimum atomic E-state index is -0.820. The number of rotatable bonds is 4. The quantitative estimate of drug-likeness (QED) is 0.811. The highest BCUT2D eigenvalue weighted by atomic mass is 16.4. The Bertz CT molecular complexity index is 356. The summed E-state index contributed by atoms with van der Waals surface area (Å²) in [5.41, 5.74) is 0. The second-order valence-electron chi connectivity index (χ2n) is 5.64. The number of nitrogens with one attached hydrogen (secondary N) is 1. The smallest absolute Gasteiger partial charge is 0.320 e. The molecule has 0 saturated carbocycles. The highest BCUT2D eigenvalue weighted by Crippen LogP contribution is 2.23. The van der Waals surface area contributed by atoms with Gasteiger partial charge < -0.3 is 20.2 Å². The molecule has 6 heteroatoms. The van der Waals surface area contributed by atoms with Crippen LogP contribution in [0.4, 0.5) is 4.79 Å². The summed E-state index contributed by atoms with van der Waals surface area (Å²) in [4.78, 5) is 27.3. The number of likely N-dealkylation sites (tertiary alicyclic amines) is 1. The predicted octanol–water partition coefficient (Wildman–Crippen LogP) is 1.12. The van der Waals surface area contributed by atoms with Crippen LogP contribution < -0.4 is 5.32 Å². The van der Waals surface area contributed by atoms with Gasteiger partial charge in [-0.05, 0) is 45.7 Å². The van der Waals surface area contributed by atoms with Crippen molar-refractivity contribution in [3.63, 3.8) is 0 Å². The average Bonchev–Trinajstić information content (AvgIpc) is 2.88. The van der Waals surface area contributed by atoms with E-state index in [9.17, 15) is 9.59 Å². The molecule has 20 heavy (non-hydrogen) atoms. The summed E-state index contributed by atoms with van der Waals surface area (Å²) >= 11 is 0. The van der Waals surface area contributed by atoms with Gasteiger partial charge in [0.25, 0.3) is 0 Å². The van der Waals surface area contributed by atoms with Crippen LogP contribution in [0.15, 0.2) is 0 Å². The van der Waals surface area contributed by atoms with E-state index in [0.717, 1.165) is 38.8 Å². The molecule has 1 atom stereocenters. The van der Waals surface area contributed by atoms with Gasteiger partial charge in [0.1, 0.15) is 0 Å². The van der Waals surface area contributed by atoms with Crippen molar-refractivity contribution in [3.8, 4) is 0 Å². The first-order chi connectivity index (χ1) is 9.63. The molecule has 0 radical (unpaired) electrons. The first-order valence-electron chi connectivity index (χ1n) is 7.63. The molecule has 1 unspecified atom stereocenters. The van der Waals surface area contributed by atoms with E-state index in [2.05, 4.69) is 5.32 Å². The zero-order valence-electron chi connectivity index (χ0n) is 12.2. The summed E-state index contributed by atoms with van der Waals surface area (Å²) in [6, 6.07) is 0.193. The van der Waals surface area contributed by atoms with Crippen LogP contribution in [-0.4, -0.2) is 65.2 Å². The number of aliphatic carboxylic acids is 1. The second-order valence-corrected chi connectivity index (χ2v) is 5.64. The minimum absolute atomic E-state index is 0.0307. The fourth-order valence-corrected chi connectivity index (χ4v) is 3.33. The van der Waals surface area contributed by atoms with Gasteiger partial charge in [-0.3, -0.25) is 4.79 Å². The molecule has 2 heterocycles. The number of amides is 2. The Kier molecular flexibility index (Phi) is 5.23. The van der Waals surface area contributed by atoms with Crippen molar-refractivity contribution < 1.29 is 14.7 Å². The van der Waals surface area contributed by atoms with Crippen LogP contribution in [0.2, 0.25) is 0 Å². The SMILES string of the molecule is CCN(C(=O)N1CCCC1CC(=O)O)C1CCNCC1. The summed E-state index contributed by atoms with van der Waals surface area (Å²) in [5.74, 6) is -0.820. The molecule has 2 N–H and O–H groups in total. The van der Waals surface area contributed by atoms with Gasteiger partial charge in [0.15, 0.2) is 0 Å². The third-order valence-corrected chi connectivity index (χ3v) is 4.37. The third-order valence-electron chi connectivity index (χ3n) is 4.37. The number of carbonyl (C=O) groups excluding carboxylic acids is 1. The molecule has 114 valence electrons. The predicted molar refractivity (Wildman–Crippen MR) is 75.6 cm³/mol. The van der Waals surface area contributed by atoms with Gasteiger partial charge in [-0.25, -0.2) is 4.79 Å². The van der Waals surface area contributed by atoms with Gasteiger partial charge in [-0.15, -0.1) is 0 Å². The topological polar surface area (TPSA) is 72.9 Å². The molecule has 2 fully saturated rings. The van der Waals surface area contributed by atoms with Gasteiger partial charge in [-0.2, -0.15) is 0 Å².